The van der Waals surface area contributed by atoms with Crippen LogP contribution in [0.4, 0.5) is 0 Å². The zero-order valence-corrected chi connectivity index (χ0v) is 25.0. The molecule has 9 heteroatoms. The second-order valence-electron chi connectivity index (χ2n) is 10.5. The van der Waals surface area contributed by atoms with Crippen molar-refractivity contribution in [3.63, 3.8) is 0 Å². The van der Waals surface area contributed by atoms with Crippen molar-refractivity contribution in [3.05, 3.63) is 32.2 Å². The molecule has 1 aliphatic rings. The second-order valence-corrected chi connectivity index (χ2v) is 21.8. The molecule has 0 saturated heterocycles. The van der Waals surface area contributed by atoms with Gasteiger partial charge in [0, 0.05) is 36.4 Å². The molecule has 1 saturated carbocycles. The predicted molar refractivity (Wildman–Crippen MR) is 133 cm³/mol. The van der Waals surface area contributed by atoms with E-state index in [0.717, 1.165) is 5.78 Å². The molecule has 3 rings (SSSR count). The molecular formula is C21H40Cl2CrN3OSi2-. The fourth-order valence-corrected chi connectivity index (χ4v) is 10.3. The number of rotatable bonds is 4. The van der Waals surface area contributed by atoms with E-state index in [2.05, 4.69) is 86.8 Å². The van der Waals surface area contributed by atoms with Crippen molar-refractivity contribution in [1.29, 1.82) is 0 Å². The molecule has 0 bridgehead atoms. The van der Waals surface area contributed by atoms with Crippen LogP contribution >= 0.6 is 20.1 Å². The van der Waals surface area contributed by atoms with Crippen molar-refractivity contribution in [3.8, 4) is 0 Å². The van der Waals surface area contributed by atoms with E-state index in [1.165, 1.54) is 6.42 Å². The molecule has 30 heavy (non-hydrogen) atoms. The van der Waals surface area contributed by atoms with Crippen LogP contribution in [0.3, 0.4) is 0 Å². The summed E-state index contributed by atoms with van der Waals surface area (Å²) in [5.74, 6) is 2.48. The summed E-state index contributed by atoms with van der Waals surface area (Å²) >= 11 is -0.181. The Hall–Kier alpha value is 0.256. The summed E-state index contributed by atoms with van der Waals surface area (Å²) in [5, 5.41) is 0.252. The Morgan fingerprint density at radius 1 is 1.10 bits per heavy atom. The normalized spacial score (nSPS) is 25.0. The van der Waals surface area contributed by atoms with Gasteiger partial charge in [-0.05, 0) is 36.4 Å². The van der Waals surface area contributed by atoms with E-state index in [9.17, 15) is 0 Å². The molecular weight excluding hydrogens is 489 g/mol. The van der Waals surface area contributed by atoms with Crippen molar-refractivity contribution >= 4 is 42.4 Å². The Balaban J connectivity index is 0.00000106. The Bertz CT molecular complexity index is 804. The van der Waals surface area contributed by atoms with Gasteiger partial charge in [-0.1, -0.05) is 47.7 Å². The van der Waals surface area contributed by atoms with Gasteiger partial charge in [0.25, 0.3) is 0 Å². The molecule has 0 N–H and O–H groups in total. The Morgan fingerprint density at radius 2 is 1.67 bits per heavy atom. The number of hydrogen-bond donors (Lipinski definition) is 0. The summed E-state index contributed by atoms with van der Waals surface area (Å²) in [5.41, 5.74) is 0.611. The van der Waals surface area contributed by atoms with E-state index in [4.69, 9.17) is 24.5 Å². The van der Waals surface area contributed by atoms with Gasteiger partial charge in [0.2, 0.25) is 5.78 Å². The first-order valence-corrected chi connectivity index (χ1v) is 19.8. The molecule has 0 aromatic carbocycles. The van der Waals surface area contributed by atoms with Crippen LogP contribution in [-0.4, -0.2) is 36.3 Å². The van der Waals surface area contributed by atoms with Crippen LogP contribution in [0.1, 0.15) is 41.0 Å². The van der Waals surface area contributed by atoms with Gasteiger partial charge >= 0.3 is 33.5 Å². The monoisotopic (exact) mass is 528 g/mol. The van der Waals surface area contributed by atoms with Crippen LogP contribution in [0, 0.1) is 19.3 Å². The molecule has 0 aliphatic heterocycles. The standard InChI is InChI=1S/C20H37N3OSi2.CH3.2ClH.Cr/c1-15-14-17(24-26(8,9)20(3,4)5)18(16(15)2)25(6,7)23-13-12-22-11-10-21-19(22)23;;;;/h10-13,15-18H,14H2,1-9H3;1H3;2*1H;/q;-1;;;+2/p-2. The first-order valence-electron chi connectivity index (χ1n) is 10.4. The minimum atomic E-state index is -1.82. The SMILES string of the molecule is CC1CC(O[Si](C)(C)C(C)(C)C)C([Si](C)(C)n2ccn3ccnc23)C1C.[CH3-].[Cl][Cr][Cl]. The first kappa shape index (κ1) is 28.3. The van der Waals surface area contributed by atoms with Crippen LogP contribution < -0.4 is 0 Å². The van der Waals surface area contributed by atoms with Gasteiger partial charge in [-0.3, -0.25) is 4.40 Å². The Morgan fingerprint density at radius 3 is 2.20 bits per heavy atom. The van der Waals surface area contributed by atoms with Gasteiger partial charge in [0.1, 0.15) is 0 Å². The summed E-state index contributed by atoms with van der Waals surface area (Å²) in [6, 6.07) is 0. The fourth-order valence-electron chi connectivity index (χ4n) is 4.62. The third kappa shape index (κ3) is 5.59. The number of nitrogens with zero attached hydrogens (tertiary/aromatic N) is 3. The van der Waals surface area contributed by atoms with Gasteiger partial charge in [-0.2, -0.15) is 0 Å². The van der Waals surface area contributed by atoms with E-state index in [0.29, 0.717) is 23.5 Å². The number of halogens is 2. The van der Waals surface area contributed by atoms with Crippen LogP contribution in [0.15, 0.2) is 24.8 Å². The van der Waals surface area contributed by atoms with Crippen LogP contribution in [-0.2, 0) is 17.8 Å². The minimum absolute atomic E-state index is 0. The topological polar surface area (TPSA) is 31.5 Å². The maximum absolute atomic E-state index is 7.03. The van der Waals surface area contributed by atoms with Gasteiger partial charge in [-0.15, -0.1) is 0 Å². The van der Waals surface area contributed by atoms with E-state index in [1.807, 2.05) is 12.4 Å². The quantitative estimate of drug-likeness (QED) is 0.304. The molecule has 174 valence electrons. The molecule has 4 atom stereocenters. The van der Waals surface area contributed by atoms with Gasteiger partial charge in [0.15, 0.2) is 16.6 Å². The summed E-state index contributed by atoms with van der Waals surface area (Å²) in [4.78, 5) is 4.63. The molecule has 4 nitrogen and oxygen atoms in total. The third-order valence-corrected chi connectivity index (χ3v) is 16.0. The molecule has 0 radical (unpaired) electrons. The number of fused-ring (bicyclic) bond motifs is 1. The van der Waals surface area contributed by atoms with Gasteiger partial charge < -0.3 is 16.1 Å². The average molecular weight is 530 g/mol. The van der Waals surface area contributed by atoms with Gasteiger partial charge in [0.05, 0.1) is 0 Å². The van der Waals surface area contributed by atoms with Crippen molar-refractivity contribution in [2.75, 3.05) is 0 Å². The molecule has 0 amide bonds. The van der Waals surface area contributed by atoms with E-state index in [-0.39, 0.29) is 25.8 Å². The van der Waals surface area contributed by atoms with Crippen LogP contribution in [0.2, 0.25) is 36.8 Å². The van der Waals surface area contributed by atoms with Crippen molar-refractivity contribution in [1.82, 2.24) is 13.6 Å². The molecule has 4 unspecified atom stereocenters. The number of imidazole rings is 2. The Labute approximate surface area is 201 Å². The average Bonchev–Trinajstić information content (AvgIpc) is 3.22. The van der Waals surface area contributed by atoms with Crippen LogP contribution in [0.5, 0.6) is 0 Å². The molecule has 2 aromatic heterocycles. The Kier molecular flexibility index (Phi) is 9.86. The molecule has 1 fully saturated rings. The fraction of sp³-hybridized carbons (Fsp3) is 0.714. The first-order chi connectivity index (χ1) is 13.3. The third-order valence-electron chi connectivity index (χ3n) is 7.40. The van der Waals surface area contributed by atoms with Crippen molar-refractivity contribution in [2.24, 2.45) is 11.8 Å². The van der Waals surface area contributed by atoms with E-state index < -0.39 is 16.6 Å². The van der Waals surface area contributed by atoms with Crippen molar-refractivity contribution < 1.29 is 17.8 Å². The second kappa shape index (κ2) is 10.5. The zero-order valence-electron chi connectivity index (χ0n) is 20.2. The summed E-state index contributed by atoms with van der Waals surface area (Å²) in [6.45, 7) is 21.7. The van der Waals surface area contributed by atoms with E-state index in [1.54, 1.807) is 0 Å². The van der Waals surface area contributed by atoms with E-state index >= 15 is 0 Å². The summed E-state index contributed by atoms with van der Waals surface area (Å²) < 4.78 is 11.7. The van der Waals surface area contributed by atoms with Gasteiger partial charge in [-0.25, -0.2) is 4.98 Å². The molecule has 2 aromatic rings. The summed E-state index contributed by atoms with van der Waals surface area (Å²) in [7, 11) is 6.05. The van der Waals surface area contributed by atoms with Crippen molar-refractivity contribution in [2.45, 2.75) is 83.9 Å². The maximum atomic E-state index is 7.03. The predicted octanol–water partition coefficient (Wildman–Crippen LogP) is 7.45. The summed E-state index contributed by atoms with van der Waals surface area (Å²) in [6.07, 6.45) is 9.90. The van der Waals surface area contributed by atoms with Crippen LogP contribution in [0.25, 0.3) is 5.78 Å². The molecule has 2 heterocycles. The number of hydrogen-bond acceptors (Lipinski definition) is 2. The number of aromatic nitrogens is 3. The molecule has 0 spiro atoms. The zero-order chi connectivity index (χ0) is 22.2. The molecule has 1 aliphatic carbocycles.